The molecule has 0 fully saturated rings. The molecule has 0 aliphatic carbocycles. The third-order valence-electron chi connectivity index (χ3n) is 5.17. The molecular formula is C26H25N3O3S. The van der Waals surface area contributed by atoms with Gasteiger partial charge < -0.3 is 10.1 Å². The quantitative estimate of drug-likeness (QED) is 0.232. The largest absolute Gasteiger partial charge is 0.383 e. The van der Waals surface area contributed by atoms with Gasteiger partial charge in [-0.1, -0.05) is 72.4 Å². The van der Waals surface area contributed by atoms with Crippen molar-refractivity contribution in [1.29, 1.82) is 0 Å². The van der Waals surface area contributed by atoms with Gasteiger partial charge in [-0.3, -0.25) is 14.2 Å². The van der Waals surface area contributed by atoms with E-state index in [1.54, 1.807) is 29.9 Å². The average Bonchev–Trinajstić information content (AvgIpc) is 2.85. The molecule has 0 saturated heterocycles. The average molecular weight is 460 g/mol. The van der Waals surface area contributed by atoms with Crippen molar-refractivity contribution in [3.8, 4) is 0 Å². The Kier molecular flexibility index (Phi) is 7.55. The molecule has 4 rings (SSSR count). The maximum atomic E-state index is 13.4. The first kappa shape index (κ1) is 22.8. The minimum absolute atomic E-state index is 0.120. The summed E-state index contributed by atoms with van der Waals surface area (Å²) < 4.78 is 6.69. The van der Waals surface area contributed by atoms with Crippen LogP contribution in [0.2, 0.25) is 0 Å². The molecule has 0 radical (unpaired) electrons. The number of hydrogen-bond acceptors (Lipinski definition) is 5. The first-order valence-electron chi connectivity index (χ1n) is 10.7. The second-order valence-electron chi connectivity index (χ2n) is 7.53. The summed E-state index contributed by atoms with van der Waals surface area (Å²) in [6, 6.07) is 25.0. The van der Waals surface area contributed by atoms with Crippen LogP contribution in [0.1, 0.15) is 21.5 Å². The lowest BCUT2D eigenvalue weighted by molar-refractivity contribution is 0.0937. The van der Waals surface area contributed by atoms with Gasteiger partial charge in [-0.15, -0.1) is 0 Å². The lowest BCUT2D eigenvalue weighted by Crippen LogP contribution is -2.27. The van der Waals surface area contributed by atoms with E-state index < -0.39 is 0 Å². The first-order chi connectivity index (χ1) is 16.2. The zero-order valence-corrected chi connectivity index (χ0v) is 19.2. The predicted octanol–water partition coefficient (Wildman–Crippen LogP) is 4.11. The molecule has 3 aromatic carbocycles. The minimum atomic E-state index is -0.220. The number of fused-ring (bicyclic) bond motifs is 1. The van der Waals surface area contributed by atoms with Gasteiger partial charge in [-0.05, 0) is 29.3 Å². The normalized spacial score (nSPS) is 10.9. The fourth-order valence-electron chi connectivity index (χ4n) is 3.45. The summed E-state index contributed by atoms with van der Waals surface area (Å²) in [5.41, 5.74) is 3.03. The summed E-state index contributed by atoms with van der Waals surface area (Å²) in [5.74, 6) is 0.466. The van der Waals surface area contributed by atoms with Crippen molar-refractivity contribution < 1.29 is 9.53 Å². The number of nitrogens with one attached hydrogen (secondary N) is 1. The van der Waals surface area contributed by atoms with E-state index in [-0.39, 0.29) is 11.5 Å². The van der Waals surface area contributed by atoms with Gasteiger partial charge in [0, 0.05) is 25.0 Å². The van der Waals surface area contributed by atoms with Crippen molar-refractivity contribution in [2.45, 2.75) is 17.5 Å². The Morgan fingerprint density at radius 1 is 1.00 bits per heavy atom. The molecule has 0 bridgehead atoms. The number of rotatable bonds is 9. The number of benzene rings is 3. The second kappa shape index (κ2) is 10.9. The van der Waals surface area contributed by atoms with E-state index in [2.05, 4.69) is 17.4 Å². The Morgan fingerprint density at radius 2 is 1.70 bits per heavy atom. The van der Waals surface area contributed by atoms with Crippen LogP contribution in [0.5, 0.6) is 0 Å². The van der Waals surface area contributed by atoms with E-state index in [0.29, 0.717) is 47.1 Å². The summed E-state index contributed by atoms with van der Waals surface area (Å²) in [6.45, 7) is 1.28. The van der Waals surface area contributed by atoms with Gasteiger partial charge in [-0.25, -0.2) is 4.98 Å². The molecule has 6 nitrogen and oxygen atoms in total. The van der Waals surface area contributed by atoms with Crippen molar-refractivity contribution in [3.63, 3.8) is 0 Å². The van der Waals surface area contributed by atoms with E-state index in [1.807, 2.05) is 48.5 Å². The second-order valence-corrected chi connectivity index (χ2v) is 8.47. The molecule has 0 aliphatic heterocycles. The Balaban J connectivity index is 1.71. The number of carbonyl (C=O) groups is 1. The molecule has 0 spiro atoms. The van der Waals surface area contributed by atoms with Crippen LogP contribution >= 0.6 is 11.8 Å². The Labute approximate surface area is 196 Å². The van der Waals surface area contributed by atoms with E-state index in [1.165, 1.54) is 11.8 Å². The van der Waals surface area contributed by atoms with Gasteiger partial charge in [0.2, 0.25) is 0 Å². The minimum Gasteiger partial charge on any atom is -0.383 e. The third kappa shape index (κ3) is 5.69. The number of nitrogens with zero attached hydrogens (tertiary/aromatic N) is 2. The van der Waals surface area contributed by atoms with Gasteiger partial charge in [0.15, 0.2) is 5.16 Å². The summed E-state index contributed by atoms with van der Waals surface area (Å²) in [5, 5.41) is 3.92. The van der Waals surface area contributed by atoms with Crippen molar-refractivity contribution in [1.82, 2.24) is 14.9 Å². The van der Waals surface area contributed by atoms with Crippen LogP contribution in [-0.2, 0) is 17.0 Å². The molecule has 168 valence electrons. The van der Waals surface area contributed by atoms with Crippen LogP contribution in [0.25, 0.3) is 10.9 Å². The summed E-state index contributed by atoms with van der Waals surface area (Å²) in [4.78, 5) is 30.7. The third-order valence-corrected chi connectivity index (χ3v) is 6.22. The number of amides is 1. The Hall–Kier alpha value is -3.42. The van der Waals surface area contributed by atoms with Gasteiger partial charge in [-0.2, -0.15) is 0 Å². The SMILES string of the molecule is COCCNC(=O)c1ccc2c(=O)n(Cc3ccccc3)c(SCc3ccccc3)nc2c1. The van der Waals surface area contributed by atoms with Crippen LogP contribution in [0.4, 0.5) is 0 Å². The van der Waals surface area contributed by atoms with Crippen molar-refractivity contribution in [3.05, 3.63) is 106 Å². The van der Waals surface area contributed by atoms with Crippen LogP contribution < -0.4 is 10.9 Å². The van der Waals surface area contributed by atoms with Crippen molar-refractivity contribution in [2.24, 2.45) is 0 Å². The lowest BCUT2D eigenvalue weighted by Gasteiger charge is -2.14. The van der Waals surface area contributed by atoms with Crippen molar-refractivity contribution in [2.75, 3.05) is 20.3 Å². The fourth-order valence-corrected chi connectivity index (χ4v) is 4.40. The molecule has 4 aromatic rings. The maximum absolute atomic E-state index is 13.4. The highest BCUT2D eigenvalue weighted by Crippen LogP contribution is 2.23. The fraction of sp³-hybridized carbons (Fsp3) is 0.192. The van der Waals surface area contributed by atoms with E-state index in [9.17, 15) is 9.59 Å². The van der Waals surface area contributed by atoms with Crippen LogP contribution in [0, 0.1) is 0 Å². The molecule has 0 unspecified atom stereocenters. The maximum Gasteiger partial charge on any atom is 0.262 e. The van der Waals surface area contributed by atoms with E-state index in [0.717, 1.165) is 11.1 Å². The Morgan fingerprint density at radius 3 is 2.39 bits per heavy atom. The van der Waals surface area contributed by atoms with Crippen LogP contribution in [-0.4, -0.2) is 35.7 Å². The molecule has 0 saturated carbocycles. The molecule has 0 aliphatic rings. The van der Waals surface area contributed by atoms with Gasteiger partial charge >= 0.3 is 0 Å². The topological polar surface area (TPSA) is 73.2 Å². The highest BCUT2D eigenvalue weighted by atomic mass is 32.2. The highest BCUT2D eigenvalue weighted by molar-refractivity contribution is 7.98. The highest BCUT2D eigenvalue weighted by Gasteiger charge is 2.15. The predicted molar refractivity (Wildman–Crippen MR) is 132 cm³/mol. The number of aromatic nitrogens is 2. The molecular weight excluding hydrogens is 434 g/mol. The van der Waals surface area contributed by atoms with Crippen LogP contribution in [0.15, 0.2) is 88.8 Å². The molecule has 1 aromatic heterocycles. The number of hydrogen-bond donors (Lipinski definition) is 1. The van der Waals surface area contributed by atoms with Gasteiger partial charge in [0.1, 0.15) is 0 Å². The zero-order chi connectivity index (χ0) is 23.0. The smallest absolute Gasteiger partial charge is 0.262 e. The summed E-state index contributed by atoms with van der Waals surface area (Å²) >= 11 is 1.51. The van der Waals surface area contributed by atoms with Crippen molar-refractivity contribution >= 4 is 28.6 Å². The number of methoxy groups -OCH3 is 1. The Bertz CT molecular complexity index is 1290. The van der Waals surface area contributed by atoms with Gasteiger partial charge in [0.05, 0.1) is 24.1 Å². The molecule has 7 heteroatoms. The van der Waals surface area contributed by atoms with E-state index in [4.69, 9.17) is 9.72 Å². The van der Waals surface area contributed by atoms with Crippen LogP contribution in [0.3, 0.4) is 0 Å². The monoisotopic (exact) mass is 459 g/mol. The molecule has 1 heterocycles. The molecule has 33 heavy (non-hydrogen) atoms. The van der Waals surface area contributed by atoms with E-state index >= 15 is 0 Å². The summed E-state index contributed by atoms with van der Waals surface area (Å²) in [6.07, 6.45) is 0. The molecule has 1 amide bonds. The number of carbonyl (C=O) groups excluding carboxylic acids is 1. The molecule has 1 N–H and O–H groups in total. The zero-order valence-electron chi connectivity index (χ0n) is 18.4. The van der Waals surface area contributed by atoms with Gasteiger partial charge in [0.25, 0.3) is 11.5 Å². The first-order valence-corrected chi connectivity index (χ1v) is 11.7. The lowest BCUT2D eigenvalue weighted by atomic mass is 10.1. The summed E-state index contributed by atoms with van der Waals surface area (Å²) in [7, 11) is 1.58. The number of ether oxygens (including phenoxy) is 1. The number of thioether (sulfide) groups is 1. The molecule has 0 atom stereocenters. The standard InChI is InChI=1S/C26H25N3O3S/c1-32-15-14-27-24(30)21-12-13-22-23(16-21)28-26(33-18-20-10-6-3-7-11-20)29(25(22)31)17-19-8-4-2-5-9-19/h2-13,16H,14-15,17-18H2,1H3,(H,27,30).